The van der Waals surface area contributed by atoms with Gasteiger partial charge in [-0.1, -0.05) is 0 Å². The number of hydrogen-bond donors (Lipinski definition) is 0. The van der Waals surface area contributed by atoms with Crippen LogP contribution in [0.25, 0.3) is 0 Å². The monoisotopic (exact) mass is 316 g/mol. The van der Waals surface area contributed by atoms with E-state index in [1.165, 1.54) is 23.7 Å². The predicted octanol–water partition coefficient (Wildman–Crippen LogP) is 1.58. The Bertz CT molecular complexity index is 733. The second-order valence-corrected chi connectivity index (χ2v) is 5.36. The second kappa shape index (κ2) is 6.87. The van der Waals surface area contributed by atoms with Crippen LogP contribution in [0.2, 0.25) is 0 Å². The number of esters is 1. The molecule has 2 aromatic heterocycles. The van der Waals surface area contributed by atoms with E-state index in [2.05, 4.69) is 15.0 Å². The van der Waals surface area contributed by atoms with Crippen molar-refractivity contribution in [1.29, 1.82) is 5.26 Å². The standard InChI is InChI=1S/C14H12N4O3S/c1-8-4-17-11(5-16-8)14(20)21-6-12(19)10(3-15)13-18-9(2)7-22-13/h4-5,7,10H,6H2,1-2H3. The smallest absolute Gasteiger partial charge is 0.358 e. The van der Waals surface area contributed by atoms with Gasteiger partial charge in [-0.25, -0.2) is 14.8 Å². The van der Waals surface area contributed by atoms with Crippen LogP contribution in [-0.4, -0.2) is 33.3 Å². The Labute approximate surface area is 130 Å². The number of thiazole rings is 1. The number of aryl methyl sites for hydroxylation is 2. The molecule has 22 heavy (non-hydrogen) atoms. The summed E-state index contributed by atoms with van der Waals surface area (Å²) in [6.07, 6.45) is 2.70. The zero-order chi connectivity index (χ0) is 16.1. The molecular weight excluding hydrogens is 304 g/mol. The first-order valence-electron chi connectivity index (χ1n) is 6.31. The Hall–Kier alpha value is -2.66. The maximum absolute atomic E-state index is 12.0. The molecule has 112 valence electrons. The Morgan fingerprint density at radius 3 is 2.64 bits per heavy atom. The van der Waals surface area contributed by atoms with E-state index in [0.717, 1.165) is 5.69 Å². The number of rotatable bonds is 5. The summed E-state index contributed by atoms with van der Waals surface area (Å²) in [5.41, 5.74) is 1.41. The lowest BCUT2D eigenvalue weighted by atomic mass is 10.1. The normalized spacial score (nSPS) is 11.5. The summed E-state index contributed by atoms with van der Waals surface area (Å²) in [4.78, 5) is 35.6. The number of nitriles is 1. The molecule has 0 aromatic carbocycles. The van der Waals surface area contributed by atoms with E-state index in [0.29, 0.717) is 10.7 Å². The lowest BCUT2D eigenvalue weighted by Crippen LogP contribution is -2.20. The predicted molar refractivity (Wildman–Crippen MR) is 77.3 cm³/mol. The molecular formula is C14H12N4O3S. The van der Waals surface area contributed by atoms with Crippen molar-refractivity contribution in [1.82, 2.24) is 15.0 Å². The number of ether oxygens (including phenoxy) is 1. The zero-order valence-corrected chi connectivity index (χ0v) is 12.8. The van der Waals surface area contributed by atoms with Gasteiger partial charge in [-0.3, -0.25) is 9.78 Å². The maximum Gasteiger partial charge on any atom is 0.358 e. The van der Waals surface area contributed by atoms with Crippen LogP contribution in [0.1, 0.15) is 32.8 Å². The SMILES string of the molecule is Cc1cnc(C(=O)OCC(=O)C(C#N)c2nc(C)cs2)cn1. The molecule has 0 radical (unpaired) electrons. The molecule has 0 saturated heterocycles. The molecule has 2 aromatic rings. The van der Waals surface area contributed by atoms with Gasteiger partial charge in [0.05, 0.1) is 18.0 Å². The number of carbonyl (C=O) groups is 2. The van der Waals surface area contributed by atoms with E-state index in [9.17, 15) is 9.59 Å². The lowest BCUT2D eigenvalue weighted by molar-refractivity contribution is -0.122. The lowest BCUT2D eigenvalue weighted by Gasteiger charge is -2.06. The minimum atomic E-state index is -1.03. The fourth-order valence-electron chi connectivity index (χ4n) is 1.56. The first-order chi connectivity index (χ1) is 10.5. The van der Waals surface area contributed by atoms with Gasteiger partial charge in [0, 0.05) is 17.3 Å². The largest absolute Gasteiger partial charge is 0.453 e. The minimum Gasteiger partial charge on any atom is -0.453 e. The molecule has 0 fully saturated rings. The van der Waals surface area contributed by atoms with Crippen molar-refractivity contribution in [3.05, 3.63) is 39.9 Å². The average Bonchev–Trinajstić information content (AvgIpc) is 2.92. The molecule has 1 atom stereocenters. The Balaban J connectivity index is 1.98. The van der Waals surface area contributed by atoms with Gasteiger partial charge in [0.15, 0.2) is 24.0 Å². The van der Waals surface area contributed by atoms with Crippen LogP contribution >= 0.6 is 11.3 Å². The van der Waals surface area contributed by atoms with Crippen LogP contribution in [0.5, 0.6) is 0 Å². The number of nitrogens with zero attached hydrogens (tertiary/aromatic N) is 4. The van der Waals surface area contributed by atoms with Gasteiger partial charge in [-0.2, -0.15) is 5.26 Å². The summed E-state index contributed by atoms with van der Waals surface area (Å²) < 4.78 is 4.88. The van der Waals surface area contributed by atoms with E-state index in [4.69, 9.17) is 10.00 Å². The molecule has 0 aliphatic heterocycles. The molecule has 0 N–H and O–H groups in total. The highest BCUT2D eigenvalue weighted by Crippen LogP contribution is 2.20. The molecule has 0 saturated carbocycles. The minimum absolute atomic E-state index is 0.0111. The van der Waals surface area contributed by atoms with Crippen LogP contribution < -0.4 is 0 Å². The van der Waals surface area contributed by atoms with Gasteiger partial charge in [0.1, 0.15) is 5.01 Å². The van der Waals surface area contributed by atoms with E-state index >= 15 is 0 Å². The number of carbonyl (C=O) groups excluding carboxylic acids is 2. The molecule has 8 heteroatoms. The van der Waals surface area contributed by atoms with Crippen molar-refractivity contribution in [2.75, 3.05) is 6.61 Å². The van der Waals surface area contributed by atoms with Crippen LogP contribution in [0.3, 0.4) is 0 Å². The maximum atomic E-state index is 12.0. The highest BCUT2D eigenvalue weighted by atomic mass is 32.1. The molecule has 2 rings (SSSR count). The first-order valence-corrected chi connectivity index (χ1v) is 7.19. The average molecular weight is 316 g/mol. The van der Waals surface area contributed by atoms with Gasteiger partial charge < -0.3 is 4.74 Å². The van der Waals surface area contributed by atoms with E-state index in [1.807, 2.05) is 6.07 Å². The highest BCUT2D eigenvalue weighted by Gasteiger charge is 2.24. The van der Waals surface area contributed by atoms with Crippen molar-refractivity contribution >= 4 is 23.1 Å². The molecule has 0 spiro atoms. The molecule has 7 nitrogen and oxygen atoms in total. The Morgan fingerprint density at radius 2 is 2.09 bits per heavy atom. The molecule has 0 bridgehead atoms. The third kappa shape index (κ3) is 3.71. The van der Waals surface area contributed by atoms with Crippen molar-refractivity contribution in [2.45, 2.75) is 19.8 Å². The summed E-state index contributed by atoms with van der Waals surface area (Å²) in [5.74, 6) is -2.31. The molecule has 0 aliphatic carbocycles. The molecule has 1 unspecified atom stereocenters. The highest BCUT2D eigenvalue weighted by molar-refractivity contribution is 7.09. The van der Waals surface area contributed by atoms with E-state index in [1.54, 1.807) is 19.2 Å². The zero-order valence-electron chi connectivity index (χ0n) is 11.9. The second-order valence-electron chi connectivity index (χ2n) is 4.47. The topological polar surface area (TPSA) is 106 Å². The quantitative estimate of drug-likeness (QED) is 0.771. The fourth-order valence-corrected chi connectivity index (χ4v) is 2.42. The summed E-state index contributed by atoms with van der Waals surface area (Å²) in [7, 11) is 0. The van der Waals surface area contributed by atoms with Gasteiger partial charge in [-0.05, 0) is 13.8 Å². The van der Waals surface area contributed by atoms with E-state index < -0.39 is 24.3 Å². The summed E-state index contributed by atoms with van der Waals surface area (Å²) in [6, 6.07) is 1.88. The molecule has 0 amide bonds. The molecule has 2 heterocycles. The van der Waals surface area contributed by atoms with Crippen molar-refractivity contribution < 1.29 is 14.3 Å². The summed E-state index contributed by atoms with van der Waals surface area (Å²) >= 11 is 1.23. The molecule has 0 aliphatic rings. The van der Waals surface area contributed by atoms with Crippen molar-refractivity contribution in [3.63, 3.8) is 0 Å². The summed E-state index contributed by atoms with van der Waals surface area (Å²) in [6.45, 7) is 3.00. The van der Waals surface area contributed by atoms with Gasteiger partial charge in [0.2, 0.25) is 0 Å². The van der Waals surface area contributed by atoms with Gasteiger partial charge in [-0.15, -0.1) is 11.3 Å². The number of hydrogen-bond acceptors (Lipinski definition) is 8. The third-order valence-electron chi connectivity index (χ3n) is 2.67. The number of Topliss-reactive ketones (excluding diaryl/α,β-unsaturated/α-hetero) is 1. The van der Waals surface area contributed by atoms with Crippen LogP contribution in [0.15, 0.2) is 17.8 Å². The fraction of sp³-hybridized carbons (Fsp3) is 0.286. The Morgan fingerprint density at radius 1 is 1.32 bits per heavy atom. The Kier molecular flexibility index (Phi) is 4.91. The van der Waals surface area contributed by atoms with Gasteiger partial charge >= 0.3 is 5.97 Å². The van der Waals surface area contributed by atoms with Crippen LogP contribution in [-0.2, 0) is 9.53 Å². The van der Waals surface area contributed by atoms with Gasteiger partial charge in [0.25, 0.3) is 0 Å². The number of aromatic nitrogens is 3. The third-order valence-corrected chi connectivity index (χ3v) is 3.70. The van der Waals surface area contributed by atoms with Crippen LogP contribution in [0.4, 0.5) is 0 Å². The van der Waals surface area contributed by atoms with Crippen LogP contribution in [0, 0.1) is 25.2 Å². The first kappa shape index (κ1) is 15.7. The van der Waals surface area contributed by atoms with Crippen molar-refractivity contribution in [2.24, 2.45) is 0 Å². The summed E-state index contributed by atoms with van der Waals surface area (Å²) in [5, 5.41) is 11.3. The van der Waals surface area contributed by atoms with E-state index in [-0.39, 0.29) is 5.69 Å². The van der Waals surface area contributed by atoms with Crippen molar-refractivity contribution in [3.8, 4) is 6.07 Å². The number of ketones is 1.